The summed E-state index contributed by atoms with van der Waals surface area (Å²) in [5.74, 6) is 0.430. The molecule has 1 fully saturated rings. The van der Waals surface area contributed by atoms with Crippen LogP contribution in [0.5, 0.6) is 0 Å². The first-order valence-electron chi connectivity index (χ1n) is 10.2. The van der Waals surface area contributed by atoms with Crippen LogP contribution >= 0.6 is 0 Å². The highest BCUT2D eigenvalue weighted by atomic mass is 32.2. The first-order valence-corrected chi connectivity index (χ1v) is 11.6. The molecule has 2 atom stereocenters. The molecule has 0 radical (unpaired) electrons. The second kappa shape index (κ2) is 8.22. The van der Waals surface area contributed by atoms with Crippen molar-refractivity contribution in [1.82, 2.24) is 0 Å². The molecule has 4 nitrogen and oxygen atoms in total. The Labute approximate surface area is 165 Å². The molecule has 1 aliphatic carbocycles. The fourth-order valence-electron chi connectivity index (χ4n) is 3.82. The first-order chi connectivity index (χ1) is 12.4. The van der Waals surface area contributed by atoms with E-state index in [1.807, 2.05) is 39.8 Å². The summed E-state index contributed by atoms with van der Waals surface area (Å²) in [4.78, 5) is 0.304. The lowest BCUT2D eigenvalue weighted by atomic mass is 9.84. The van der Waals surface area contributed by atoms with E-state index in [1.165, 1.54) is 0 Å². The lowest BCUT2D eigenvalue weighted by Crippen LogP contribution is -2.44. The molecule has 2 rings (SSSR count). The van der Waals surface area contributed by atoms with Gasteiger partial charge in [0.15, 0.2) is 0 Å². The smallest absolute Gasteiger partial charge is 0.297 e. The Bertz CT molecular complexity index is 732. The van der Waals surface area contributed by atoms with Gasteiger partial charge in [0, 0.05) is 0 Å². The van der Waals surface area contributed by atoms with Crippen LogP contribution in [0.2, 0.25) is 0 Å². The van der Waals surface area contributed by atoms with E-state index in [2.05, 4.69) is 13.8 Å². The maximum atomic E-state index is 13.4. The standard InChI is InChI=1S/C22H36O4S/c1-14(2)17-12-18(15(3)4)21(19(13-17)16(5)6)27(24,25)26-20-10-8-9-11-22(20,7)23/h12-16,20,23H,8-11H2,1-7H3. The lowest BCUT2D eigenvalue weighted by molar-refractivity contribution is -0.0713. The third kappa shape index (κ3) is 4.93. The van der Waals surface area contributed by atoms with E-state index in [9.17, 15) is 13.5 Å². The summed E-state index contributed by atoms with van der Waals surface area (Å²) in [5, 5.41) is 10.6. The fourth-order valence-corrected chi connectivity index (χ4v) is 5.69. The number of hydrogen-bond donors (Lipinski definition) is 1. The molecule has 1 aliphatic rings. The van der Waals surface area contributed by atoms with Crippen LogP contribution in [0, 0.1) is 0 Å². The van der Waals surface area contributed by atoms with Crippen LogP contribution in [-0.4, -0.2) is 25.2 Å². The zero-order valence-corrected chi connectivity index (χ0v) is 18.7. The van der Waals surface area contributed by atoms with Crippen molar-refractivity contribution in [3.8, 4) is 0 Å². The Balaban J connectivity index is 2.60. The Hall–Kier alpha value is -0.910. The van der Waals surface area contributed by atoms with Gasteiger partial charge in [-0.3, -0.25) is 4.18 Å². The summed E-state index contributed by atoms with van der Waals surface area (Å²) < 4.78 is 32.5. The Kier molecular flexibility index (Phi) is 6.81. The molecule has 0 saturated heterocycles. The zero-order valence-electron chi connectivity index (χ0n) is 17.9. The molecule has 2 unspecified atom stereocenters. The van der Waals surface area contributed by atoms with Crippen molar-refractivity contribution < 1.29 is 17.7 Å². The number of rotatable bonds is 6. The van der Waals surface area contributed by atoms with E-state index in [-0.39, 0.29) is 11.8 Å². The molecule has 27 heavy (non-hydrogen) atoms. The molecule has 154 valence electrons. The largest absolute Gasteiger partial charge is 0.387 e. The van der Waals surface area contributed by atoms with E-state index < -0.39 is 21.8 Å². The van der Waals surface area contributed by atoms with Crippen LogP contribution in [-0.2, 0) is 14.3 Å². The van der Waals surface area contributed by atoms with Gasteiger partial charge in [0.2, 0.25) is 0 Å². The normalized spacial score (nSPS) is 24.2. The second-order valence-electron chi connectivity index (χ2n) is 9.13. The molecule has 0 amide bonds. The Morgan fingerprint density at radius 2 is 1.52 bits per heavy atom. The van der Waals surface area contributed by atoms with Crippen molar-refractivity contribution in [2.75, 3.05) is 0 Å². The summed E-state index contributed by atoms with van der Waals surface area (Å²) >= 11 is 0. The summed E-state index contributed by atoms with van der Waals surface area (Å²) in [5.41, 5.74) is 1.64. The third-order valence-electron chi connectivity index (χ3n) is 5.67. The van der Waals surface area contributed by atoms with E-state index in [0.29, 0.717) is 23.7 Å². The van der Waals surface area contributed by atoms with Crippen molar-refractivity contribution in [2.45, 2.75) is 109 Å². The maximum Gasteiger partial charge on any atom is 0.297 e. The van der Waals surface area contributed by atoms with Crippen LogP contribution in [0.4, 0.5) is 0 Å². The SMILES string of the molecule is CC(C)c1cc(C(C)C)c(S(=O)(=O)OC2CCCCC2(C)O)c(C(C)C)c1. The van der Waals surface area contributed by atoms with Crippen molar-refractivity contribution in [3.63, 3.8) is 0 Å². The molecule has 0 bridgehead atoms. The predicted molar refractivity (Wildman–Crippen MR) is 110 cm³/mol. The molecule has 1 saturated carbocycles. The molecule has 5 heteroatoms. The topological polar surface area (TPSA) is 63.6 Å². The van der Waals surface area contributed by atoms with Crippen LogP contribution in [0.1, 0.15) is 109 Å². The molecule has 0 aliphatic heterocycles. The molecule has 1 N–H and O–H groups in total. The summed E-state index contributed by atoms with van der Waals surface area (Å²) in [6, 6.07) is 4.02. The lowest BCUT2D eigenvalue weighted by Gasteiger charge is -2.36. The highest BCUT2D eigenvalue weighted by molar-refractivity contribution is 7.86. The van der Waals surface area contributed by atoms with E-state index in [4.69, 9.17) is 4.18 Å². The van der Waals surface area contributed by atoms with Gasteiger partial charge in [-0.05, 0) is 54.2 Å². The number of benzene rings is 1. The van der Waals surface area contributed by atoms with Crippen molar-refractivity contribution in [2.24, 2.45) is 0 Å². The maximum absolute atomic E-state index is 13.4. The van der Waals surface area contributed by atoms with Crippen molar-refractivity contribution in [3.05, 3.63) is 28.8 Å². The van der Waals surface area contributed by atoms with E-state index >= 15 is 0 Å². The van der Waals surface area contributed by atoms with Gasteiger partial charge >= 0.3 is 0 Å². The average molecular weight is 397 g/mol. The van der Waals surface area contributed by atoms with E-state index in [1.54, 1.807) is 6.92 Å². The van der Waals surface area contributed by atoms with Crippen LogP contribution < -0.4 is 0 Å². The minimum atomic E-state index is -3.98. The van der Waals surface area contributed by atoms with Gasteiger partial charge in [-0.15, -0.1) is 0 Å². The summed E-state index contributed by atoms with van der Waals surface area (Å²) in [7, 11) is -3.98. The minimum absolute atomic E-state index is 0.0569. The molecule has 0 heterocycles. The quantitative estimate of drug-likeness (QED) is 0.649. The highest BCUT2D eigenvalue weighted by Gasteiger charge is 2.40. The summed E-state index contributed by atoms with van der Waals surface area (Å²) in [6.07, 6.45) is 2.19. The molecular formula is C22H36O4S. The zero-order chi connectivity index (χ0) is 20.6. The predicted octanol–water partition coefficient (Wildman–Crippen LogP) is 5.46. The van der Waals surface area contributed by atoms with E-state index in [0.717, 1.165) is 29.5 Å². The van der Waals surface area contributed by atoms with Crippen molar-refractivity contribution >= 4 is 10.1 Å². The number of hydrogen-bond acceptors (Lipinski definition) is 4. The van der Waals surface area contributed by atoms with Crippen LogP contribution in [0.3, 0.4) is 0 Å². The monoisotopic (exact) mass is 396 g/mol. The highest BCUT2D eigenvalue weighted by Crippen LogP contribution is 2.38. The third-order valence-corrected chi connectivity index (χ3v) is 7.12. The van der Waals surface area contributed by atoms with Gasteiger partial charge in [0.1, 0.15) is 11.0 Å². The molecule has 1 aromatic carbocycles. The molecule has 0 aromatic heterocycles. The first kappa shape index (κ1) is 22.4. The van der Waals surface area contributed by atoms with Gasteiger partial charge < -0.3 is 5.11 Å². The Morgan fingerprint density at radius 3 is 1.93 bits per heavy atom. The van der Waals surface area contributed by atoms with Gasteiger partial charge in [0.05, 0.1) is 5.60 Å². The second-order valence-corrected chi connectivity index (χ2v) is 10.6. The van der Waals surface area contributed by atoms with Gasteiger partial charge in [-0.25, -0.2) is 0 Å². The molecular weight excluding hydrogens is 360 g/mol. The number of aliphatic hydroxyl groups is 1. The fraction of sp³-hybridized carbons (Fsp3) is 0.727. The summed E-state index contributed by atoms with van der Waals surface area (Å²) in [6.45, 7) is 14.0. The van der Waals surface area contributed by atoms with Gasteiger partial charge in [-0.1, -0.05) is 66.5 Å². The Morgan fingerprint density at radius 1 is 1.00 bits per heavy atom. The average Bonchev–Trinajstić information content (AvgIpc) is 2.55. The van der Waals surface area contributed by atoms with Crippen LogP contribution in [0.25, 0.3) is 0 Å². The molecule has 1 aromatic rings. The molecule has 0 spiro atoms. The van der Waals surface area contributed by atoms with Crippen molar-refractivity contribution in [1.29, 1.82) is 0 Å². The van der Waals surface area contributed by atoms with Gasteiger partial charge in [-0.2, -0.15) is 8.42 Å². The minimum Gasteiger partial charge on any atom is -0.387 e. The van der Waals surface area contributed by atoms with Gasteiger partial charge in [0.25, 0.3) is 10.1 Å². The van der Waals surface area contributed by atoms with Crippen LogP contribution in [0.15, 0.2) is 17.0 Å².